The molecule has 1 amide bonds. The summed E-state index contributed by atoms with van der Waals surface area (Å²) in [6.45, 7) is 1.29. The van der Waals surface area contributed by atoms with Crippen LogP contribution in [0.15, 0.2) is 36.9 Å². The molecular formula is C18H21N5O2. The molecular weight excluding hydrogens is 318 g/mol. The number of carbonyl (C=O) groups excluding carboxylic acids is 1. The molecule has 3 aromatic heterocycles. The van der Waals surface area contributed by atoms with Gasteiger partial charge in [0.15, 0.2) is 0 Å². The van der Waals surface area contributed by atoms with Crippen LogP contribution in [0, 0.1) is 5.92 Å². The van der Waals surface area contributed by atoms with Crippen LogP contribution in [0.4, 0.5) is 0 Å². The van der Waals surface area contributed by atoms with Gasteiger partial charge in [-0.2, -0.15) is 0 Å². The van der Waals surface area contributed by atoms with Gasteiger partial charge in [-0.05, 0) is 25.0 Å². The number of nitrogens with one attached hydrogen (secondary N) is 2. The number of hydrogen-bond donors (Lipinski definition) is 2. The quantitative estimate of drug-likeness (QED) is 0.763. The smallest absolute Gasteiger partial charge is 0.253 e. The fourth-order valence-electron chi connectivity index (χ4n) is 3.45. The fraction of sp³-hybridized carbons (Fsp3) is 0.389. The number of aromatic nitrogens is 4. The van der Waals surface area contributed by atoms with Gasteiger partial charge in [0.25, 0.3) is 5.91 Å². The Balaban J connectivity index is 1.47. The van der Waals surface area contributed by atoms with E-state index in [4.69, 9.17) is 4.74 Å². The van der Waals surface area contributed by atoms with E-state index in [2.05, 4.69) is 20.3 Å². The van der Waals surface area contributed by atoms with Crippen LogP contribution < -0.4 is 5.32 Å². The Kier molecular flexibility index (Phi) is 4.23. The third-order valence-corrected chi connectivity index (χ3v) is 4.78. The third-order valence-electron chi connectivity index (χ3n) is 4.78. The molecule has 1 aliphatic rings. The van der Waals surface area contributed by atoms with Gasteiger partial charge in [-0.25, -0.2) is 9.97 Å². The van der Waals surface area contributed by atoms with Gasteiger partial charge in [-0.3, -0.25) is 4.79 Å². The minimum absolute atomic E-state index is 0.0846. The molecule has 25 heavy (non-hydrogen) atoms. The maximum Gasteiger partial charge on any atom is 0.253 e. The monoisotopic (exact) mass is 339 g/mol. The molecule has 3 aromatic rings. The number of hydrogen-bond acceptors (Lipinski definition) is 4. The lowest BCUT2D eigenvalue weighted by Crippen LogP contribution is -2.35. The molecule has 1 saturated heterocycles. The highest BCUT2D eigenvalue weighted by Gasteiger charge is 2.30. The highest BCUT2D eigenvalue weighted by molar-refractivity contribution is 6.05. The number of rotatable bonds is 4. The molecule has 0 radical (unpaired) electrons. The normalized spacial score (nSPS) is 20.7. The zero-order valence-electron chi connectivity index (χ0n) is 14.1. The van der Waals surface area contributed by atoms with Gasteiger partial charge in [0.05, 0.1) is 5.56 Å². The SMILES string of the molecule is Cn1ccnc1[C@@H]1OCCC[C@H]1CNC(=O)c1c[nH]c2ncccc12. The van der Waals surface area contributed by atoms with Crippen molar-refractivity contribution in [3.8, 4) is 0 Å². The second kappa shape index (κ2) is 6.68. The maximum atomic E-state index is 12.6. The molecule has 7 heteroatoms. The Labute approximate surface area is 145 Å². The first-order valence-electron chi connectivity index (χ1n) is 8.53. The summed E-state index contributed by atoms with van der Waals surface area (Å²) in [5.74, 6) is 1.03. The first-order valence-corrected chi connectivity index (χ1v) is 8.53. The lowest BCUT2D eigenvalue weighted by Gasteiger charge is -2.31. The van der Waals surface area contributed by atoms with E-state index in [1.807, 2.05) is 29.9 Å². The highest BCUT2D eigenvalue weighted by atomic mass is 16.5. The first kappa shape index (κ1) is 15.8. The Morgan fingerprint density at radius 2 is 2.36 bits per heavy atom. The number of nitrogens with zero attached hydrogens (tertiary/aromatic N) is 3. The van der Waals surface area contributed by atoms with Crippen LogP contribution in [-0.4, -0.2) is 38.6 Å². The number of pyridine rings is 1. The predicted molar refractivity (Wildman–Crippen MR) is 93.1 cm³/mol. The lowest BCUT2D eigenvalue weighted by molar-refractivity contribution is -0.0337. The maximum absolute atomic E-state index is 12.6. The molecule has 1 fully saturated rings. The van der Waals surface area contributed by atoms with Crippen molar-refractivity contribution < 1.29 is 9.53 Å². The average molecular weight is 339 g/mol. The summed E-state index contributed by atoms with van der Waals surface area (Å²) in [6, 6.07) is 3.73. The van der Waals surface area contributed by atoms with E-state index in [0.29, 0.717) is 12.1 Å². The van der Waals surface area contributed by atoms with E-state index in [1.165, 1.54) is 0 Å². The van der Waals surface area contributed by atoms with E-state index in [9.17, 15) is 4.79 Å². The van der Waals surface area contributed by atoms with Crippen molar-refractivity contribution in [3.63, 3.8) is 0 Å². The molecule has 2 N–H and O–H groups in total. The molecule has 130 valence electrons. The van der Waals surface area contributed by atoms with E-state index < -0.39 is 0 Å². The van der Waals surface area contributed by atoms with Gasteiger partial charge in [-0.1, -0.05) is 0 Å². The highest BCUT2D eigenvalue weighted by Crippen LogP contribution is 2.32. The summed E-state index contributed by atoms with van der Waals surface area (Å²) in [6.07, 6.45) is 9.03. The Morgan fingerprint density at radius 3 is 3.20 bits per heavy atom. The van der Waals surface area contributed by atoms with Crippen molar-refractivity contribution in [1.29, 1.82) is 0 Å². The molecule has 2 atom stereocenters. The van der Waals surface area contributed by atoms with Crippen molar-refractivity contribution in [2.45, 2.75) is 18.9 Å². The lowest BCUT2D eigenvalue weighted by atomic mass is 9.93. The number of aryl methyl sites for hydroxylation is 1. The molecule has 0 spiro atoms. The minimum Gasteiger partial charge on any atom is -0.370 e. The molecule has 0 unspecified atom stereocenters. The van der Waals surface area contributed by atoms with Gasteiger partial charge >= 0.3 is 0 Å². The number of fused-ring (bicyclic) bond motifs is 1. The summed E-state index contributed by atoms with van der Waals surface area (Å²) < 4.78 is 7.94. The zero-order chi connectivity index (χ0) is 17.2. The standard InChI is InChI=1S/C18H21N5O2/c1-23-8-7-20-17(23)15-12(4-3-9-25-15)10-22-18(24)14-11-21-16-13(14)5-2-6-19-16/h2,5-8,11-12,15H,3-4,9-10H2,1H3,(H,19,21)(H,22,24)/t12-,15+/m0/s1. The van der Waals surface area contributed by atoms with E-state index in [-0.39, 0.29) is 17.9 Å². The summed E-state index contributed by atoms with van der Waals surface area (Å²) in [5, 5.41) is 3.89. The average Bonchev–Trinajstić information content (AvgIpc) is 3.26. The molecule has 0 aromatic carbocycles. The van der Waals surface area contributed by atoms with Crippen molar-refractivity contribution in [3.05, 3.63) is 48.3 Å². The largest absolute Gasteiger partial charge is 0.370 e. The second-order valence-corrected chi connectivity index (χ2v) is 6.40. The van der Waals surface area contributed by atoms with Crippen molar-refractivity contribution in [2.75, 3.05) is 13.2 Å². The Bertz CT molecular complexity index is 884. The Hall–Kier alpha value is -2.67. The van der Waals surface area contributed by atoms with E-state index in [0.717, 1.165) is 36.3 Å². The summed E-state index contributed by atoms with van der Waals surface area (Å²) in [7, 11) is 1.97. The van der Waals surface area contributed by atoms with Crippen molar-refractivity contribution in [2.24, 2.45) is 13.0 Å². The van der Waals surface area contributed by atoms with E-state index in [1.54, 1.807) is 18.6 Å². The summed E-state index contributed by atoms with van der Waals surface area (Å²) in [4.78, 5) is 24.3. The van der Waals surface area contributed by atoms with Crippen molar-refractivity contribution in [1.82, 2.24) is 24.8 Å². The van der Waals surface area contributed by atoms with Crippen LogP contribution in [-0.2, 0) is 11.8 Å². The van der Waals surface area contributed by atoms with Crippen LogP contribution in [0.3, 0.4) is 0 Å². The van der Waals surface area contributed by atoms with Gasteiger partial charge in [0, 0.05) is 56.3 Å². The molecule has 7 nitrogen and oxygen atoms in total. The zero-order valence-corrected chi connectivity index (χ0v) is 14.1. The van der Waals surface area contributed by atoms with Gasteiger partial charge in [0.2, 0.25) is 0 Å². The molecule has 4 rings (SSSR count). The van der Waals surface area contributed by atoms with E-state index >= 15 is 0 Å². The molecule has 0 bridgehead atoms. The minimum atomic E-state index is -0.0941. The Morgan fingerprint density at radius 1 is 1.44 bits per heavy atom. The number of aromatic amines is 1. The number of imidazole rings is 1. The fourth-order valence-corrected chi connectivity index (χ4v) is 3.45. The van der Waals surface area contributed by atoms with Crippen LogP contribution in [0.5, 0.6) is 0 Å². The van der Waals surface area contributed by atoms with Gasteiger partial charge in [-0.15, -0.1) is 0 Å². The van der Waals surface area contributed by atoms with Crippen LogP contribution in [0.2, 0.25) is 0 Å². The second-order valence-electron chi connectivity index (χ2n) is 6.40. The number of carbonyl (C=O) groups is 1. The predicted octanol–water partition coefficient (Wildman–Crippen LogP) is 2.19. The van der Waals surface area contributed by atoms with Gasteiger partial charge in [0.1, 0.15) is 17.6 Å². The molecule has 0 aliphatic carbocycles. The summed E-state index contributed by atoms with van der Waals surface area (Å²) in [5.41, 5.74) is 1.34. The topological polar surface area (TPSA) is 84.8 Å². The number of ether oxygens (including phenoxy) is 1. The van der Waals surface area contributed by atoms with Crippen LogP contribution in [0.1, 0.15) is 35.1 Å². The first-order chi connectivity index (χ1) is 12.2. The van der Waals surface area contributed by atoms with Crippen LogP contribution >= 0.6 is 0 Å². The molecule has 1 aliphatic heterocycles. The van der Waals surface area contributed by atoms with Gasteiger partial charge < -0.3 is 19.6 Å². The third kappa shape index (κ3) is 3.02. The van der Waals surface area contributed by atoms with Crippen LogP contribution in [0.25, 0.3) is 11.0 Å². The number of amides is 1. The molecule has 0 saturated carbocycles. The molecule has 4 heterocycles. The number of H-pyrrole nitrogens is 1. The van der Waals surface area contributed by atoms with Crippen molar-refractivity contribution >= 4 is 16.9 Å². The summed E-state index contributed by atoms with van der Waals surface area (Å²) >= 11 is 0.